The highest BCUT2D eigenvalue weighted by atomic mass is 79.9. The van der Waals surface area contributed by atoms with Gasteiger partial charge in [0.05, 0.1) is 5.52 Å². The second-order valence-corrected chi connectivity index (χ2v) is 4.34. The first-order chi connectivity index (χ1) is 5.66. The van der Waals surface area contributed by atoms with Crippen LogP contribution in [-0.4, -0.2) is 9.78 Å². The fraction of sp³-hybridized carbons (Fsp3) is 0.125. The van der Waals surface area contributed by atoms with Crippen molar-refractivity contribution < 1.29 is 0 Å². The Morgan fingerprint density at radius 2 is 1.92 bits per heavy atom. The van der Waals surface area contributed by atoms with Gasteiger partial charge in [0, 0.05) is 27.6 Å². The van der Waals surface area contributed by atoms with Gasteiger partial charge in [-0.25, -0.2) is 0 Å². The van der Waals surface area contributed by atoms with Crippen molar-refractivity contribution in [2.45, 2.75) is 0 Å². The number of hydrogen-bond acceptors (Lipinski definition) is 1. The monoisotopic (exact) mass is 288 g/mol. The van der Waals surface area contributed by atoms with Gasteiger partial charge in [-0.15, -0.1) is 0 Å². The summed E-state index contributed by atoms with van der Waals surface area (Å²) in [5, 5.41) is 5.43. The minimum atomic E-state index is 1.01. The molecule has 1 aromatic heterocycles. The highest BCUT2D eigenvalue weighted by Crippen LogP contribution is 2.27. The smallest absolute Gasteiger partial charge is 0.0935 e. The van der Waals surface area contributed by atoms with E-state index in [1.807, 2.05) is 30.1 Å². The second kappa shape index (κ2) is 2.85. The maximum absolute atomic E-state index is 4.28. The lowest BCUT2D eigenvalue weighted by molar-refractivity contribution is 0.779. The number of rotatable bonds is 0. The van der Waals surface area contributed by atoms with Gasteiger partial charge in [0.2, 0.25) is 0 Å². The lowest BCUT2D eigenvalue weighted by atomic mass is 10.3. The molecule has 12 heavy (non-hydrogen) atoms. The summed E-state index contributed by atoms with van der Waals surface area (Å²) in [7, 11) is 1.92. The molecule has 0 fully saturated rings. The summed E-state index contributed by atoms with van der Waals surface area (Å²) in [5.41, 5.74) is 1.01. The maximum Gasteiger partial charge on any atom is 0.0935 e. The molecule has 2 rings (SSSR count). The van der Waals surface area contributed by atoms with Crippen molar-refractivity contribution in [1.29, 1.82) is 0 Å². The molecule has 0 aliphatic carbocycles. The van der Waals surface area contributed by atoms with Crippen LogP contribution in [-0.2, 0) is 7.05 Å². The average molecular weight is 290 g/mol. The van der Waals surface area contributed by atoms with E-state index in [-0.39, 0.29) is 0 Å². The van der Waals surface area contributed by atoms with Gasteiger partial charge in [-0.05, 0) is 44.0 Å². The van der Waals surface area contributed by atoms with Crippen LogP contribution in [0.5, 0.6) is 0 Å². The molecule has 2 nitrogen and oxygen atoms in total. The third kappa shape index (κ3) is 1.29. The fourth-order valence-corrected chi connectivity index (χ4v) is 1.83. The number of benzene rings is 1. The first-order valence-electron chi connectivity index (χ1n) is 3.45. The molecule has 0 amide bonds. The van der Waals surface area contributed by atoms with E-state index in [1.54, 1.807) is 0 Å². The third-order valence-electron chi connectivity index (χ3n) is 1.66. The molecule has 0 saturated heterocycles. The molecule has 0 N–H and O–H groups in total. The van der Waals surface area contributed by atoms with Crippen molar-refractivity contribution in [3.05, 3.63) is 27.3 Å². The van der Waals surface area contributed by atoms with Crippen molar-refractivity contribution in [2.24, 2.45) is 7.05 Å². The third-order valence-corrected chi connectivity index (χ3v) is 3.51. The van der Waals surface area contributed by atoms with E-state index in [0.717, 1.165) is 19.8 Å². The molecule has 2 aromatic rings. The molecular weight excluding hydrogens is 284 g/mol. The molecule has 0 bridgehead atoms. The van der Waals surface area contributed by atoms with Crippen LogP contribution in [0.3, 0.4) is 0 Å². The fourth-order valence-electron chi connectivity index (χ4n) is 1.14. The standard InChI is InChI=1S/C8H6Br2N2/c1-12-4-5-2-6(9)7(10)3-8(5)11-12/h2-4H,1H3. The lowest BCUT2D eigenvalue weighted by Gasteiger charge is -1.93. The van der Waals surface area contributed by atoms with Crippen molar-refractivity contribution in [2.75, 3.05) is 0 Å². The summed E-state index contributed by atoms with van der Waals surface area (Å²) in [6.07, 6.45) is 1.99. The van der Waals surface area contributed by atoms with Gasteiger partial charge >= 0.3 is 0 Å². The molecule has 4 heteroatoms. The summed E-state index contributed by atoms with van der Waals surface area (Å²) < 4.78 is 3.90. The van der Waals surface area contributed by atoms with E-state index >= 15 is 0 Å². The second-order valence-electron chi connectivity index (χ2n) is 2.63. The molecule has 0 saturated carbocycles. The average Bonchev–Trinajstić information content (AvgIpc) is 2.30. The van der Waals surface area contributed by atoms with E-state index in [1.165, 1.54) is 0 Å². The van der Waals surface area contributed by atoms with Gasteiger partial charge in [0.25, 0.3) is 0 Å². The van der Waals surface area contributed by atoms with Gasteiger partial charge in [0.1, 0.15) is 0 Å². The molecule has 1 aromatic carbocycles. The number of aryl methyl sites for hydroxylation is 1. The van der Waals surface area contributed by atoms with Crippen LogP contribution in [0, 0.1) is 0 Å². The lowest BCUT2D eigenvalue weighted by Crippen LogP contribution is -1.84. The highest BCUT2D eigenvalue weighted by Gasteiger charge is 2.02. The molecule has 0 atom stereocenters. The Morgan fingerprint density at radius 3 is 2.67 bits per heavy atom. The molecular formula is C8H6Br2N2. The minimum Gasteiger partial charge on any atom is -0.275 e. The van der Waals surface area contributed by atoms with Crippen LogP contribution in [0.15, 0.2) is 27.3 Å². The Morgan fingerprint density at radius 1 is 1.25 bits per heavy atom. The first-order valence-corrected chi connectivity index (χ1v) is 5.04. The maximum atomic E-state index is 4.28. The Bertz CT molecular complexity index is 395. The predicted molar refractivity (Wildman–Crippen MR) is 56.1 cm³/mol. The molecule has 0 aliphatic heterocycles. The largest absolute Gasteiger partial charge is 0.275 e. The van der Waals surface area contributed by atoms with E-state index in [2.05, 4.69) is 37.0 Å². The predicted octanol–water partition coefficient (Wildman–Crippen LogP) is 3.10. The van der Waals surface area contributed by atoms with Crippen LogP contribution < -0.4 is 0 Å². The molecule has 0 spiro atoms. The molecule has 0 aliphatic rings. The topological polar surface area (TPSA) is 17.8 Å². The number of halogens is 2. The van der Waals surface area contributed by atoms with Gasteiger partial charge in [-0.3, -0.25) is 4.68 Å². The van der Waals surface area contributed by atoms with E-state index in [0.29, 0.717) is 0 Å². The Balaban J connectivity index is 2.83. The number of hydrogen-bond donors (Lipinski definition) is 0. The van der Waals surface area contributed by atoms with E-state index < -0.39 is 0 Å². The van der Waals surface area contributed by atoms with Crippen LogP contribution in [0.1, 0.15) is 0 Å². The van der Waals surface area contributed by atoms with Crippen molar-refractivity contribution in [3.63, 3.8) is 0 Å². The molecule has 0 unspecified atom stereocenters. The number of nitrogens with zero attached hydrogens (tertiary/aromatic N) is 2. The van der Waals surface area contributed by atoms with Gasteiger partial charge in [-0.2, -0.15) is 5.10 Å². The van der Waals surface area contributed by atoms with Gasteiger partial charge in [-0.1, -0.05) is 0 Å². The summed E-state index contributed by atoms with van der Waals surface area (Å²) >= 11 is 6.87. The summed E-state index contributed by atoms with van der Waals surface area (Å²) in [6.45, 7) is 0. The minimum absolute atomic E-state index is 1.01. The SMILES string of the molecule is Cn1cc2cc(Br)c(Br)cc2n1. The molecule has 1 heterocycles. The number of fused-ring (bicyclic) bond motifs is 1. The summed E-state index contributed by atoms with van der Waals surface area (Å²) in [4.78, 5) is 0. The highest BCUT2D eigenvalue weighted by molar-refractivity contribution is 9.13. The van der Waals surface area contributed by atoms with E-state index in [9.17, 15) is 0 Å². The zero-order chi connectivity index (χ0) is 8.72. The van der Waals surface area contributed by atoms with Crippen molar-refractivity contribution in [3.8, 4) is 0 Å². The quantitative estimate of drug-likeness (QED) is 0.729. The zero-order valence-electron chi connectivity index (χ0n) is 6.38. The van der Waals surface area contributed by atoms with Crippen LogP contribution in [0.25, 0.3) is 10.9 Å². The zero-order valence-corrected chi connectivity index (χ0v) is 9.55. The van der Waals surface area contributed by atoms with Crippen LogP contribution in [0.2, 0.25) is 0 Å². The first kappa shape index (κ1) is 8.26. The summed E-state index contributed by atoms with van der Waals surface area (Å²) in [5.74, 6) is 0. The molecule has 0 radical (unpaired) electrons. The van der Waals surface area contributed by atoms with Crippen LogP contribution in [0.4, 0.5) is 0 Å². The normalized spacial score (nSPS) is 10.9. The Hall–Kier alpha value is -0.350. The summed E-state index contributed by atoms with van der Waals surface area (Å²) in [6, 6.07) is 4.05. The van der Waals surface area contributed by atoms with Gasteiger partial charge in [0.15, 0.2) is 0 Å². The molecule has 62 valence electrons. The van der Waals surface area contributed by atoms with Crippen molar-refractivity contribution >= 4 is 42.8 Å². The van der Waals surface area contributed by atoms with E-state index in [4.69, 9.17) is 0 Å². The van der Waals surface area contributed by atoms with Crippen molar-refractivity contribution in [1.82, 2.24) is 9.78 Å². The van der Waals surface area contributed by atoms with Crippen LogP contribution >= 0.6 is 31.9 Å². The Labute approximate surface area is 86.8 Å². The number of aromatic nitrogens is 2. The van der Waals surface area contributed by atoms with Gasteiger partial charge < -0.3 is 0 Å². The Kier molecular flexibility index (Phi) is 1.96.